The number of allylic oxidation sites excluding steroid dienone is 2. The largest absolute Gasteiger partial charge is 0.463 e. The number of thiophene rings is 1. The Labute approximate surface area is 174 Å². The summed E-state index contributed by atoms with van der Waals surface area (Å²) in [6, 6.07) is 11.8. The first-order valence-electron chi connectivity index (χ1n) is 9.86. The van der Waals surface area contributed by atoms with E-state index in [2.05, 4.69) is 0 Å². The standard InChI is InChI=1S/C23H24N2O3S/c1-3-28-23(27)21-20(18-8-5-13-29-18)19-16(6-4-7-17(19)26)25(22(21)24)15-11-9-14(2)10-12-15/h5,8-13,20H,3-4,6-7,24H2,1-2H3. The second-order valence-corrected chi connectivity index (χ2v) is 8.26. The molecule has 1 unspecified atom stereocenters. The number of carbonyl (C=O) groups excluding carboxylic acids is 2. The van der Waals surface area contributed by atoms with Crippen molar-refractivity contribution in [1.29, 1.82) is 0 Å². The van der Waals surface area contributed by atoms with E-state index in [9.17, 15) is 9.59 Å². The van der Waals surface area contributed by atoms with Gasteiger partial charge in [0.25, 0.3) is 0 Å². The van der Waals surface area contributed by atoms with E-state index in [0.29, 0.717) is 23.4 Å². The van der Waals surface area contributed by atoms with E-state index in [4.69, 9.17) is 10.5 Å². The number of aryl methyl sites for hydroxylation is 1. The Morgan fingerprint density at radius 3 is 2.66 bits per heavy atom. The third-order valence-corrected chi connectivity index (χ3v) is 6.35. The lowest BCUT2D eigenvalue weighted by molar-refractivity contribution is -0.138. The maximum atomic E-state index is 13.1. The summed E-state index contributed by atoms with van der Waals surface area (Å²) < 4.78 is 5.37. The summed E-state index contributed by atoms with van der Waals surface area (Å²) in [4.78, 5) is 28.9. The number of rotatable bonds is 4. The minimum absolute atomic E-state index is 0.0797. The van der Waals surface area contributed by atoms with Gasteiger partial charge in [-0.25, -0.2) is 4.79 Å². The highest BCUT2D eigenvalue weighted by molar-refractivity contribution is 7.10. The number of esters is 1. The van der Waals surface area contributed by atoms with Crippen LogP contribution in [0.25, 0.3) is 0 Å². The van der Waals surface area contributed by atoms with Gasteiger partial charge in [0.1, 0.15) is 5.82 Å². The van der Waals surface area contributed by atoms with Gasteiger partial charge < -0.3 is 10.5 Å². The van der Waals surface area contributed by atoms with Crippen molar-refractivity contribution in [2.45, 2.75) is 39.0 Å². The lowest BCUT2D eigenvalue weighted by Gasteiger charge is -2.40. The molecule has 0 saturated heterocycles. The predicted molar refractivity (Wildman–Crippen MR) is 114 cm³/mol. The summed E-state index contributed by atoms with van der Waals surface area (Å²) in [6.45, 7) is 4.04. The highest BCUT2D eigenvalue weighted by Gasteiger charge is 2.43. The van der Waals surface area contributed by atoms with Gasteiger partial charge in [-0.2, -0.15) is 0 Å². The van der Waals surface area contributed by atoms with Crippen molar-refractivity contribution in [3.05, 3.63) is 74.9 Å². The summed E-state index contributed by atoms with van der Waals surface area (Å²) >= 11 is 1.53. The number of ketones is 1. The third-order valence-electron chi connectivity index (χ3n) is 5.41. The molecule has 5 nitrogen and oxygen atoms in total. The molecule has 1 atom stereocenters. The second-order valence-electron chi connectivity index (χ2n) is 7.28. The number of anilines is 1. The average molecular weight is 409 g/mol. The SMILES string of the molecule is CCOC(=O)C1=C(N)N(c2ccc(C)cc2)C2=C(C(=O)CCC2)C1c1cccs1. The minimum atomic E-state index is -0.474. The molecular formula is C23H24N2O3S. The predicted octanol–water partition coefficient (Wildman–Crippen LogP) is 4.40. The van der Waals surface area contributed by atoms with Crippen LogP contribution in [-0.2, 0) is 14.3 Å². The summed E-state index contributed by atoms with van der Waals surface area (Å²) in [5.74, 6) is -0.515. The van der Waals surface area contributed by atoms with E-state index in [0.717, 1.165) is 34.7 Å². The van der Waals surface area contributed by atoms with Crippen LogP contribution < -0.4 is 10.6 Å². The van der Waals surface area contributed by atoms with Crippen LogP contribution in [-0.4, -0.2) is 18.4 Å². The van der Waals surface area contributed by atoms with Crippen LogP contribution in [0.3, 0.4) is 0 Å². The fraction of sp³-hybridized carbons (Fsp3) is 0.304. The molecule has 1 aliphatic carbocycles. The lowest BCUT2D eigenvalue weighted by atomic mass is 9.77. The number of hydrogen-bond donors (Lipinski definition) is 1. The van der Waals surface area contributed by atoms with Gasteiger partial charge in [-0.3, -0.25) is 9.69 Å². The van der Waals surface area contributed by atoms with Gasteiger partial charge in [0.15, 0.2) is 5.78 Å². The fourth-order valence-corrected chi connectivity index (χ4v) is 4.97. The topological polar surface area (TPSA) is 72.6 Å². The molecule has 6 heteroatoms. The quantitative estimate of drug-likeness (QED) is 0.759. The van der Waals surface area contributed by atoms with Gasteiger partial charge in [0.2, 0.25) is 0 Å². The first-order chi connectivity index (χ1) is 14.0. The molecule has 2 aromatic rings. The fourth-order valence-electron chi connectivity index (χ4n) is 4.12. The van der Waals surface area contributed by atoms with Crippen molar-refractivity contribution < 1.29 is 14.3 Å². The van der Waals surface area contributed by atoms with Gasteiger partial charge in [0, 0.05) is 28.3 Å². The molecule has 1 aromatic heterocycles. The molecule has 2 heterocycles. The summed E-state index contributed by atoms with van der Waals surface area (Å²) in [6.07, 6.45) is 2.01. The number of benzene rings is 1. The van der Waals surface area contributed by atoms with Crippen LogP contribution in [0, 0.1) is 6.92 Å². The van der Waals surface area contributed by atoms with Gasteiger partial charge >= 0.3 is 5.97 Å². The van der Waals surface area contributed by atoms with E-state index >= 15 is 0 Å². The van der Waals surface area contributed by atoms with Crippen molar-refractivity contribution in [2.75, 3.05) is 11.5 Å². The maximum absolute atomic E-state index is 13.1. The Hall–Kier alpha value is -2.86. The van der Waals surface area contributed by atoms with Crippen LogP contribution >= 0.6 is 11.3 Å². The number of nitrogens with two attached hydrogens (primary N) is 1. The van der Waals surface area contributed by atoms with Gasteiger partial charge in [0.05, 0.1) is 18.1 Å². The maximum Gasteiger partial charge on any atom is 0.338 e. The minimum Gasteiger partial charge on any atom is -0.463 e. The van der Waals surface area contributed by atoms with E-state index < -0.39 is 11.9 Å². The normalized spacial score (nSPS) is 19.4. The molecule has 1 aliphatic heterocycles. The van der Waals surface area contributed by atoms with Crippen molar-refractivity contribution in [1.82, 2.24) is 0 Å². The molecule has 4 rings (SSSR count). The molecule has 0 spiro atoms. The average Bonchev–Trinajstić information content (AvgIpc) is 3.23. The Morgan fingerprint density at radius 2 is 2.00 bits per heavy atom. The van der Waals surface area contributed by atoms with Crippen LogP contribution in [0.5, 0.6) is 0 Å². The molecule has 1 aromatic carbocycles. The van der Waals surface area contributed by atoms with E-state index in [1.54, 1.807) is 6.92 Å². The molecule has 0 bridgehead atoms. The second kappa shape index (κ2) is 7.87. The van der Waals surface area contributed by atoms with Crippen molar-refractivity contribution >= 4 is 28.8 Å². The van der Waals surface area contributed by atoms with Crippen LogP contribution in [0.2, 0.25) is 0 Å². The zero-order valence-electron chi connectivity index (χ0n) is 16.6. The van der Waals surface area contributed by atoms with Crippen molar-refractivity contribution in [3.63, 3.8) is 0 Å². The molecule has 0 amide bonds. The molecule has 150 valence electrons. The Kier molecular flexibility index (Phi) is 5.28. The van der Waals surface area contributed by atoms with Crippen molar-refractivity contribution in [3.8, 4) is 0 Å². The number of carbonyl (C=O) groups is 2. The Morgan fingerprint density at radius 1 is 1.24 bits per heavy atom. The van der Waals surface area contributed by atoms with Crippen LogP contribution in [0.15, 0.2) is 64.4 Å². The smallest absolute Gasteiger partial charge is 0.338 e. The molecule has 0 radical (unpaired) electrons. The zero-order valence-corrected chi connectivity index (χ0v) is 17.4. The summed E-state index contributed by atoms with van der Waals surface area (Å²) in [5.41, 5.74) is 10.5. The number of nitrogens with zero attached hydrogens (tertiary/aromatic N) is 1. The number of ether oxygens (including phenoxy) is 1. The highest BCUT2D eigenvalue weighted by atomic mass is 32.1. The van der Waals surface area contributed by atoms with Gasteiger partial charge in [-0.05, 0) is 50.3 Å². The van der Waals surface area contributed by atoms with Gasteiger partial charge in [-0.15, -0.1) is 11.3 Å². The molecule has 29 heavy (non-hydrogen) atoms. The Bertz CT molecular complexity index is 1000. The zero-order chi connectivity index (χ0) is 20.5. The van der Waals surface area contributed by atoms with E-state index in [-0.39, 0.29) is 12.4 Å². The molecule has 0 fully saturated rings. The first-order valence-corrected chi connectivity index (χ1v) is 10.7. The first kappa shape index (κ1) is 19.5. The highest BCUT2D eigenvalue weighted by Crippen LogP contribution is 2.47. The van der Waals surface area contributed by atoms with E-state index in [1.165, 1.54) is 11.3 Å². The van der Waals surface area contributed by atoms with Gasteiger partial charge in [-0.1, -0.05) is 23.8 Å². The Balaban J connectivity index is 1.97. The third kappa shape index (κ3) is 3.38. The summed E-state index contributed by atoms with van der Waals surface area (Å²) in [7, 11) is 0. The summed E-state index contributed by atoms with van der Waals surface area (Å²) in [5, 5.41) is 1.95. The molecular weight excluding hydrogens is 384 g/mol. The number of Topliss-reactive ketones (excluding diaryl/α,β-unsaturated/α-hetero) is 1. The van der Waals surface area contributed by atoms with Crippen LogP contribution in [0.1, 0.15) is 42.5 Å². The lowest BCUT2D eigenvalue weighted by Crippen LogP contribution is -2.40. The monoisotopic (exact) mass is 408 g/mol. The number of hydrogen-bond acceptors (Lipinski definition) is 6. The van der Waals surface area contributed by atoms with E-state index in [1.807, 2.05) is 53.6 Å². The van der Waals surface area contributed by atoms with Crippen molar-refractivity contribution in [2.24, 2.45) is 5.73 Å². The molecule has 2 N–H and O–H groups in total. The molecule has 0 saturated carbocycles. The molecule has 2 aliphatic rings. The van der Waals surface area contributed by atoms with Crippen LogP contribution in [0.4, 0.5) is 5.69 Å².